The molecule has 0 aliphatic carbocycles. The van der Waals surface area contributed by atoms with E-state index >= 15 is 0 Å². The van der Waals surface area contributed by atoms with E-state index in [0.717, 1.165) is 11.0 Å². The van der Waals surface area contributed by atoms with Crippen molar-refractivity contribution in [3.63, 3.8) is 0 Å². The van der Waals surface area contributed by atoms with Gasteiger partial charge in [0.2, 0.25) is 0 Å². The maximum Gasteiger partial charge on any atom is 0.299 e. The summed E-state index contributed by atoms with van der Waals surface area (Å²) in [5, 5.41) is 0. The number of fused-ring (bicyclic) bond motifs is 1. The van der Waals surface area contributed by atoms with Crippen LogP contribution in [0.15, 0.2) is 12.1 Å². The second-order valence-electron chi connectivity index (χ2n) is 4.78. The molecule has 106 valence electrons. The quantitative estimate of drug-likeness (QED) is 0.794. The number of nitrogens with zero attached hydrogens (tertiary/aromatic N) is 1. The van der Waals surface area contributed by atoms with E-state index in [4.69, 9.17) is 0 Å². The molecule has 1 aliphatic heterocycles. The van der Waals surface area contributed by atoms with Crippen LogP contribution in [-0.2, 0) is 9.59 Å². The molecule has 0 radical (unpaired) electrons. The van der Waals surface area contributed by atoms with Gasteiger partial charge in [-0.1, -0.05) is 13.8 Å². The second kappa shape index (κ2) is 5.11. The van der Waals surface area contributed by atoms with Crippen molar-refractivity contribution >= 4 is 23.2 Å². The zero-order chi connectivity index (χ0) is 15.0. The highest BCUT2D eigenvalue weighted by molar-refractivity contribution is 6.52. The number of carbonyl (C=O) groups is 3. The van der Waals surface area contributed by atoms with Crippen molar-refractivity contribution in [3.8, 4) is 0 Å². The molecule has 1 aliphatic rings. The maximum atomic E-state index is 13.3. The van der Waals surface area contributed by atoms with Crippen molar-refractivity contribution in [3.05, 3.63) is 29.3 Å². The number of rotatable bonds is 4. The van der Waals surface area contributed by atoms with Crippen LogP contribution in [0.4, 0.5) is 14.5 Å². The summed E-state index contributed by atoms with van der Waals surface area (Å²) in [6, 6.07) is 1.47. The van der Waals surface area contributed by atoms with Crippen molar-refractivity contribution in [1.82, 2.24) is 0 Å². The molecule has 1 aromatic rings. The molecule has 0 saturated carbocycles. The average Bonchev–Trinajstić information content (AvgIpc) is 2.64. The first-order valence-electron chi connectivity index (χ1n) is 6.24. The minimum Gasteiger partial charge on any atom is -0.297 e. The Morgan fingerprint density at radius 3 is 2.45 bits per heavy atom. The summed E-state index contributed by atoms with van der Waals surface area (Å²) >= 11 is 0. The molecule has 0 spiro atoms. The Morgan fingerprint density at radius 1 is 1.25 bits per heavy atom. The lowest BCUT2D eigenvalue weighted by molar-refractivity contribution is -0.123. The lowest BCUT2D eigenvalue weighted by Crippen LogP contribution is -2.36. The molecule has 0 N–H and O–H groups in total. The number of benzene rings is 1. The van der Waals surface area contributed by atoms with E-state index in [0.29, 0.717) is 12.5 Å². The van der Waals surface area contributed by atoms with Crippen LogP contribution in [0.5, 0.6) is 0 Å². The first kappa shape index (κ1) is 14.3. The molecule has 1 unspecified atom stereocenters. The number of halogens is 2. The zero-order valence-electron chi connectivity index (χ0n) is 11.1. The third-order valence-corrected chi connectivity index (χ3v) is 3.49. The highest BCUT2D eigenvalue weighted by Gasteiger charge is 2.38. The number of anilines is 1. The van der Waals surface area contributed by atoms with Crippen molar-refractivity contribution in [2.75, 3.05) is 11.4 Å². The van der Waals surface area contributed by atoms with Gasteiger partial charge in [0.1, 0.15) is 0 Å². The number of carbonyl (C=O) groups excluding carboxylic acids is 3. The molecule has 20 heavy (non-hydrogen) atoms. The Kier molecular flexibility index (Phi) is 3.65. The fraction of sp³-hybridized carbons (Fsp3) is 0.357. The van der Waals surface area contributed by atoms with Crippen LogP contribution in [0.2, 0.25) is 0 Å². The van der Waals surface area contributed by atoms with E-state index in [1.807, 2.05) is 6.92 Å². The van der Waals surface area contributed by atoms with Crippen LogP contribution in [0.3, 0.4) is 0 Å². The van der Waals surface area contributed by atoms with E-state index in [9.17, 15) is 23.2 Å². The van der Waals surface area contributed by atoms with Crippen molar-refractivity contribution in [2.45, 2.75) is 20.3 Å². The third kappa shape index (κ3) is 2.21. The molecular formula is C14H13F2NO3. The SMILES string of the molecule is CCC(C)C(=O)CN1C(=O)C(=O)c2cc(F)c(F)cc21. The largest absolute Gasteiger partial charge is 0.299 e. The summed E-state index contributed by atoms with van der Waals surface area (Å²) in [4.78, 5) is 36.3. The van der Waals surface area contributed by atoms with E-state index in [-0.39, 0.29) is 29.5 Å². The van der Waals surface area contributed by atoms with Gasteiger partial charge in [0.05, 0.1) is 17.8 Å². The van der Waals surface area contributed by atoms with Crippen LogP contribution in [0.25, 0.3) is 0 Å². The Morgan fingerprint density at radius 2 is 1.85 bits per heavy atom. The molecule has 1 heterocycles. The van der Waals surface area contributed by atoms with Crippen LogP contribution >= 0.6 is 0 Å². The molecule has 0 fully saturated rings. The summed E-state index contributed by atoms with van der Waals surface area (Å²) in [6.07, 6.45) is 0.597. The molecular weight excluding hydrogens is 268 g/mol. The molecule has 1 aromatic carbocycles. The minimum absolute atomic E-state index is 0.0458. The topological polar surface area (TPSA) is 54.5 Å². The van der Waals surface area contributed by atoms with E-state index < -0.39 is 23.3 Å². The number of hydrogen-bond acceptors (Lipinski definition) is 3. The van der Waals surface area contributed by atoms with Crippen LogP contribution in [-0.4, -0.2) is 24.0 Å². The highest BCUT2D eigenvalue weighted by Crippen LogP contribution is 2.31. The van der Waals surface area contributed by atoms with Crippen LogP contribution in [0, 0.1) is 17.6 Å². The first-order valence-corrected chi connectivity index (χ1v) is 6.24. The van der Waals surface area contributed by atoms with Gasteiger partial charge in [0.15, 0.2) is 17.4 Å². The standard InChI is InChI=1S/C14H13F2NO3/c1-3-7(2)12(18)6-17-11-5-10(16)9(15)4-8(11)13(19)14(17)20/h4-5,7H,3,6H2,1-2H3. The highest BCUT2D eigenvalue weighted by atomic mass is 19.2. The van der Waals surface area contributed by atoms with Gasteiger partial charge < -0.3 is 0 Å². The predicted molar refractivity (Wildman–Crippen MR) is 67.5 cm³/mol. The molecule has 0 saturated heterocycles. The molecule has 1 amide bonds. The number of hydrogen-bond donors (Lipinski definition) is 0. The lowest BCUT2D eigenvalue weighted by Gasteiger charge is -2.17. The van der Waals surface area contributed by atoms with Gasteiger partial charge in [0, 0.05) is 12.0 Å². The van der Waals surface area contributed by atoms with Gasteiger partial charge in [-0.2, -0.15) is 0 Å². The Hall–Kier alpha value is -2.11. The number of Topliss-reactive ketones (excluding diaryl/α,β-unsaturated/α-hetero) is 2. The molecule has 0 aromatic heterocycles. The van der Waals surface area contributed by atoms with Gasteiger partial charge >= 0.3 is 0 Å². The molecule has 4 nitrogen and oxygen atoms in total. The van der Waals surface area contributed by atoms with Crippen LogP contribution < -0.4 is 4.90 Å². The fourth-order valence-electron chi connectivity index (χ4n) is 1.99. The monoisotopic (exact) mass is 281 g/mol. The summed E-state index contributed by atoms with van der Waals surface area (Å²) < 4.78 is 26.4. The normalized spacial score (nSPS) is 15.5. The summed E-state index contributed by atoms with van der Waals surface area (Å²) in [6.45, 7) is 3.22. The van der Waals surface area contributed by atoms with Crippen molar-refractivity contribution in [1.29, 1.82) is 0 Å². The lowest BCUT2D eigenvalue weighted by atomic mass is 10.0. The minimum atomic E-state index is -1.19. The summed E-state index contributed by atoms with van der Waals surface area (Å²) in [5.41, 5.74) is -0.249. The van der Waals surface area contributed by atoms with Crippen LogP contribution in [0.1, 0.15) is 30.6 Å². The third-order valence-electron chi connectivity index (χ3n) is 3.49. The number of ketones is 2. The fourth-order valence-corrected chi connectivity index (χ4v) is 1.99. The van der Waals surface area contributed by atoms with Gasteiger partial charge in [-0.15, -0.1) is 0 Å². The zero-order valence-corrected chi connectivity index (χ0v) is 11.1. The van der Waals surface area contributed by atoms with E-state index in [2.05, 4.69) is 0 Å². The van der Waals surface area contributed by atoms with Gasteiger partial charge in [-0.25, -0.2) is 8.78 Å². The van der Waals surface area contributed by atoms with Crippen molar-refractivity contribution in [2.24, 2.45) is 5.92 Å². The van der Waals surface area contributed by atoms with E-state index in [1.54, 1.807) is 6.92 Å². The Balaban J connectivity index is 2.38. The van der Waals surface area contributed by atoms with E-state index in [1.165, 1.54) is 0 Å². The van der Waals surface area contributed by atoms with Crippen molar-refractivity contribution < 1.29 is 23.2 Å². The Bertz CT molecular complexity index is 613. The summed E-state index contributed by atoms with van der Waals surface area (Å²) in [7, 11) is 0. The van der Waals surface area contributed by atoms with Gasteiger partial charge in [-0.05, 0) is 12.5 Å². The number of amides is 1. The summed E-state index contributed by atoms with van der Waals surface area (Å²) in [5.74, 6) is -4.71. The van der Waals surface area contributed by atoms with Gasteiger partial charge in [0.25, 0.3) is 11.7 Å². The van der Waals surface area contributed by atoms with Gasteiger partial charge in [-0.3, -0.25) is 19.3 Å². The Labute approximate surface area is 114 Å². The maximum absolute atomic E-state index is 13.3. The molecule has 1 atom stereocenters. The first-order chi connectivity index (χ1) is 9.36. The molecule has 2 rings (SSSR count). The second-order valence-corrected chi connectivity index (χ2v) is 4.78. The molecule has 0 bridgehead atoms. The predicted octanol–water partition coefficient (Wildman–Crippen LogP) is 2.11. The molecule has 6 heteroatoms. The average molecular weight is 281 g/mol. The smallest absolute Gasteiger partial charge is 0.297 e.